The number of nitrogens with zero attached hydrogens (tertiary/aromatic N) is 4. The van der Waals surface area contributed by atoms with E-state index < -0.39 is 4.92 Å². The van der Waals surface area contributed by atoms with Crippen molar-refractivity contribution in [3.63, 3.8) is 0 Å². The highest BCUT2D eigenvalue weighted by molar-refractivity contribution is 5.71. The van der Waals surface area contributed by atoms with E-state index in [0.717, 1.165) is 31.5 Å². The summed E-state index contributed by atoms with van der Waals surface area (Å²) in [6.07, 6.45) is 1.96. The molecule has 3 rings (SSSR count). The van der Waals surface area contributed by atoms with Crippen molar-refractivity contribution in [2.24, 2.45) is 5.92 Å². The minimum atomic E-state index is -0.494. The van der Waals surface area contributed by atoms with Crippen molar-refractivity contribution < 1.29 is 4.92 Å². The maximum atomic E-state index is 11.5. The molecular weight excluding hydrogens is 332 g/mol. The molecule has 8 heteroatoms. The number of rotatable bonds is 5. The fourth-order valence-electron chi connectivity index (χ4n) is 3.04. The van der Waals surface area contributed by atoms with Crippen LogP contribution in [0, 0.1) is 23.0 Å². The second-order valence-electron chi connectivity index (χ2n) is 6.87. The van der Waals surface area contributed by atoms with Crippen LogP contribution in [0.25, 0.3) is 0 Å². The molecule has 0 amide bonds. The molecule has 0 radical (unpaired) electrons. The summed E-state index contributed by atoms with van der Waals surface area (Å²) in [4.78, 5) is 21.4. The number of aromatic nitrogens is 2. The topological polar surface area (TPSA) is 110 Å². The van der Waals surface area contributed by atoms with Gasteiger partial charge in [0.25, 0.3) is 0 Å². The molecule has 1 saturated heterocycles. The fourth-order valence-corrected chi connectivity index (χ4v) is 3.04. The van der Waals surface area contributed by atoms with Crippen molar-refractivity contribution in [1.29, 1.82) is 0 Å². The number of nitrogen functional groups attached to an aromatic ring is 1. The van der Waals surface area contributed by atoms with Crippen LogP contribution in [0.4, 0.5) is 23.3 Å². The van der Waals surface area contributed by atoms with E-state index in [1.165, 1.54) is 5.56 Å². The number of piperidine rings is 1. The predicted octanol–water partition coefficient (Wildman–Crippen LogP) is 3.12. The first-order valence-corrected chi connectivity index (χ1v) is 8.80. The van der Waals surface area contributed by atoms with Crippen LogP contribution in [0.2, 0.25) is 0 Å². The van der Waals surface area contributed by atoms with Crippen molar-refractivity contribution >= 4 is 23.3 Å². The summed E-state index contributed by atoms with van der Waals surface area (Å²) in [6.45, 7) is 6.21. The zero-order valence-electron chi connectivity index (χ0n) is 15.1. The number of nitro groups is 1. The summed E-state index contributed by atoms with van der Waals surface area (Å²) < 4.78 is 0. The van der Waals surface area contributed by atoms with Gasteiger partial charge in [-0.15, -0.1) is 0 Å². The summed E-state index contributed by atoms with van der Waals surface area (Å²) in [6, 6.07) is 8.10. The minimum Gasteiger partial charge on any atom is -0.378 e. The van der Waals surface area contributed by atoms with Crippen LogP contribution in [-0.4, -0.2) is 28.0 Å². The molecule has 1 aromatic heterocycles. The average Bonchev–Trinajstić information content (AvgIpc) is 2.61. The van der Waals surface area contributed by atoms with Gasteiger partial charge in [0.2, 0.25) is 17.6 Å². The van der Waals surface area contributed by atoms with Gasteiger partial charge in [-0.25, -0.2) is 0 Å². The summed E-state index contributed by atoms with van der Waals surface area (Å²) in [7, 11) is 0. The maximum absolute atomic E-state index is 11.5. The van der Waals surface area contributed by atoms with Crippen molar-refractivity contribution in [2.75, 3.05) is 29.0 Å². The molecule has 2 aromatic rings. The summed E-state index contributed by atoms with van der Waals surface area (Å²) in [5.41, 5.74) is 7.94. The Morgan fingerprint density at radius 1 is 1.27 bits per heavy atom. The van der Waals surface area contributed by atoms with E-state index in [1.54, 1.807) is 0 Å². The molecular formula is C18H24N6O2. The number of anilines is 3. The van der Waals surface area contributed by atoms with E-state index in [9.17, 15) is 10.1 Å². The molecule has 0 aliphatic carbocycles. The highest BCUT2D eigenvalue weighted by atomic mass is 16.6. The van der Waals surface area contributed by atoms with E-state index in [4.69, 9.17) is 5.73 Å². The van der Waals surface area contributed by atoms with E-state index >= 15 is 0 Å². The van der Waals surface area contributed by atoms with Crippen LogP contribution >= 0.6 is 0 Å². The smallest absolute Gasteiger partial charge is 0.353 e. The van der Waals surface area contributed by atoms with E-state index in [-0.39, 0.29) is 11.5 Å². The van der Waals surface area contributed by atoms with E-state index in [2.05, 4.69) is 22.2 Å². The van der Waals surface area contributed by atoms with Gasteiger partial charge in [0.1, 0.15) is 0 Å². The molecule has 3 N–H and O–H groups in total. The van der Waals surface area contributed by atoms with Crippen molar-refractivity contribution in [3.8, 4) is 0 Å². The minimum absolute atomic E-state index is 0.106. The Morgan fingerprint density at radius 3 is 2.54 bits per heavy atom. The highest BCUT2D eigenvalue weighted by Crippen LogP contribution is 2.34. The second-order valence-corrected chi connectivity index (χ2v) is 6.87. The van der Waals surface area contributed by atoms with Crippen LogP contribution < -0.4 is 16.0 Å². The van der Waals surface area contributed by atoms with Crippen LogP contribution in [0.5, 0.6) is 0 Å². The summed E-state index contributed by atoms with van der Waals surface area (Å²) in [5.74, 6) is 1.12. The third-order valence-corrected chi connectivity index (χ3v) is 4.73. The Kier molecular flexibility index (Phi) is 5.20. The van der Waals surface area contributed by atoms with E-state index in [1.807, 2.05) is 36.1 Å². The number of nitrogens with two attached hydrogens (primary N) is 1. The van der Waals surface area contributed by atoms with Gasteiger partial charge in [-0.1, -0.05) is 36.8 Å². The molecule has 0 bridgehead atoms. The van der Waals surface area contributed by atoms with Gasteiger partial charge in [0.05, 0.1) is 4.92 Å². The third kappa shape index (κ3) is 4.01. The van der Waals surface area contributed by atoms with Crippen molar-refractivity contribution in [3.05, 3.63) is 45.5 Å². The quantitative estimate of drug-likeness (QED) is 0.625. The molecule has 1 aromatic carbocycles. The summed E-state index contributed by atoms with van der Waals surface area (Å²) >= 11 is 0. The Labute approximate surface area is 152 Å². The lowest BCUT2D eigenvalue weighted by atomic mass is 9.99. The molecule has 0 saturated carbocycles. The summed E-state index contributed by atoms with van der Waals surface area (Å²) in [5, 5.41) is 14.6. The molecule has 1 aliphatic rings. The van der Waals surface area contributed by atoms with Crippen molar-refractivity contribution in [2.45, 2.75) is 33.2 Å². The molecule has 1 fully saturated rings. The molecule has 1 aliphatic heterocycles. The SMILES string of the molecule is Cc1ccc(CNc2nc(N)c([N+](=O)[O-])c(N3CCC(C)CC3)n2)cc1. The lowest BCUT2D eigenvalue weighted by Crippen LogP contribution is -2.34. The second kappa shape index (κ2) is 7.55. The van der Waals surface area contributed by atoms with Gasteiger partial charge in [0, 0.05) is 19.6 Å². The molecule has 0 unspecified atom stereocenters. The third-order valence-electron chi connectivity index (χ3n) is 4.73. The Hall–Kier alpha value is -2.90. The Morgan fingerprint density at radius 2 is 1.92 bits per heavy atom. The van der Waals surface area contributed by atoms with Crippen LogP contribution in [0.1, 0.15) is 30.9 Å². The molecule has 26 heavy (non-hydrogen) atoms. The van der Waals surface area contributed by atoms with Gasteiger partial charge in [-0.3, -0.25) is 10.1 Å². The maximum Gasteiger partial charge on any atom is 0.353 e. The number of hydrogen-bond acceptors (Lipinski definition) is 7. The first kappa shape index (κ1) is 17.9. The normalized spacial score (nSPS) is 15.1. The monoisotopic (exact) mass is 356 g/mol. The molecule has 8 nitrogen and oxygen atoms in total. The molecule has 0 spiro atoms. The largest absolute Gasteiger partial charge is 0.378 e. The molecule has 138 valence electrons. The van der Waals surface area contributed by atoms with Gasteiger partial charge < -0.3 is 16.0 Å². The number of nitrogens with one attached hydrogen (secondary N) is 1. The van der Waals surface area contributed by atoms with Crippen molar-refractivity contribution in [1.82, 2.24) is 9.97 Å². The number of benzene rings is 1. The number of aryl methyl sites for hydroxylation is 1. The van der Waals surface area contributed by atoms with Crippen LogP contribution in [0.3, 0.4) is 0 Å². The lowest BCUT2D eigenvalue weighted by molar-refractivity contribution is -0.383. The Bertz CT molecular complexity index is 785. The molecule has 0 atom stereocenters. The average molecular weight is 356 g/mol. The standard InChI is InChI=1S/C18H24N6O2/c1-12-3-5-14(6-4-12)11-20-18-21-16(19)15(24(25)26)17(22-18)23-9-7-13(2)8-10-23/h3-6,13H,7-11H2,1-2H3,(H3,19,20,21,22). The van der Waals surface area contributed by atoms with Gasteiger partial charge >= 0.3 is 5.69 Å². The Balaban J connectivity index is 1.84. The highest BCUT2D eigenvalue weighted by Gasteiger charge is 2.29. The lowest BCUT2D eigenvalue weighted by Gasteiger charge is -2.31. The zero-order valence-corrected chi connectivity index (χ0v) is 15.1. The van der Waals surface area contributed by atoms with Gasteiger partial charge in [-0.05, 0) is 31.2 Å². The fraction of sp³-hybridized carbons (Fsp3) is 0.444. The first-order chi connectivity index (χ1) is 12.4. The zero-order chi connectivity index (χ0) is 18.7. The predicted molar refractivity (Wildman–Crippen MR) is 102 cm³/mol. The first-order valence-electron chi connectivity index (χ1n) is 8.80. The molecule has 2 heterocycles. The van der Waals surface area contributed by atoms with Gasteiger partial charge in [-0.2, -0.15) is 9.97 Å². The van der Waals surface area contributed by atoms with E-state index in [0.29, 0.717) is 24.2 Å². The van der Waals surface area contributed by atoms with Crippen LogP contribution in [-0.2, 0) is 6.54 Å². The van der Waals surface area contributed by atoms with Gasteiger partial charge in [0.15, 0.2) is 0 Å². The van der Waals surface area contributed by atoms with Crippen LogP contribution in [0.15, 0.2) is 24.3 Å². The number of hydrogen-bond donors (Lipinski definition) is 2.